The molecular formula is C29H34N2O. The Bertz CT molecular complexity index is 1120. The molecule has 3 aromatic rings. The second kappa shape index (κ2) is 8.61. The van der Waals surface area contributed by atoms with Crippen molar-refractivity contribution in [1.29, 1.82) is 0 Å². The lowest BCUT2D eigenvalue weighted by molar-refractivity contribution is -0.131. The fourth-order valence-electron chi connectivity index (χ4n) is 5.82. The van der Waals surface area contributed by atoms with E-state index in [9.17, 15) is 4.79 Å². The van der Waals surface area contributed by atoms with Crippen LogP contribution in [-0.2, 0) is 17.6 Å². The van der Waals surface area contributed by atoms with E-state index in [0.717, 1.165) is 31.8 Å². The summed E-state index contributed by atoms with van der Waals surface area (Å²) in [5, 5.41) is 1.27. The van der Waals surface area contributed by atoms with Crippen LogP contribution < -0.4 is 0 Å². The molecule has 0 radical (unpaired) electrons. The molecule has 2 atom stereocenters. The zero-order chi connectivity index (χ0) is 22.1. The van der Waals surface area contributed by atoms with Crippen LogP contribution >= 0.6 is 0 Å². The molecule has 32 heavy (non-hydrogen) atoms. The van der Waals surface area contributed by atoms with Crippen molar-refractivity contribution < 1.29 is 4.79 Å². The molecule has 1 saturated carbocycles. The molecule has 1 aromatic heterocycles. The molecule has 1 N–H and O–H groups in total. The molecule has 2 bridgehead atoms. The number of aromatic nitrogens is 1. The second-order valence-corrected chi connectivity index (χ2v) is 10.2. The number of hydrogen-bond donors (Lipinski definition) is 1. The third-order valence-corrected chi connectivity index (χ3v) is 8.11. The van der Waals surface area contributed by atoms with Crippen LogP contribution in [0.4, 0.5) is 0 Å². The molecule has 6 rings (SSSR count). The van der Waals surface area contributed by atoms with Crippen LogP contribution in [0, 0.1) is 17.3 Å². The van der Waals surface area contributed by atoms with Crippen molar-refractivity contribution in [3.8, 4) is 0 Å². The van der Waals surface area contributed by atoms with Crippen LogP contribution in [0.5, 0.6) is 0 Å². The van der Waals surface area contributed by atoms with E-state index >= 15 is 0 Å². The number of amides is 1. The van der Waals surface area contributed by atoms with Gasteiger partial charge >= 0.3 is 0 Å². The van der Waals surface area contributed by atoms with Gasteiger partial charge in [-0.25, -0.2) is 0 Å². The Morgan fingerprint density at radius 2 is 1.84 bits per heavy atom. The van der Waals surface area contributed by atoms with Crippen LogP contribution in [0.3, 0.4) is 0 Å². The first-order chi connectivity index (χ1) is 15.5. The zero-order valence-electron chi connectivity index (χ0n) is 19.3. The van der Waals surface area contributed by atoms with Gasteiger partial charge in [-0.3, -0.25) is 4.79 Å². The lowest BCUT2D eigenvalue weighted by Gasteiger charge is -2.57. The van der Waals surface area contributed by atoms with Crippen molar-refractivity contribution in [2.75, 3.05) is 13.1 Å². The van der Waals surface area contributed by atoms with Gasteiger partial charge in [0, 0.05) is 36.6 Å². The maximum Gasteiger partial charge on any atom is 0.223 e. The summed E-state index contributed by atoms with van der Waals surface area (Å²) >= 11 is 0. The van der Waals surface area contributed by atoms with E-state index in [4.69, 9.17) is 0 Å². The summed E-state index contributed by atoms with van der Waals surface area (Å²) in [6.07, 6.45) is 9.27. The highest BCUT2D eigenvalue weighted by atomic mass is 16.2. The van der Waals surface area contributed by atoms with E-state index in [1.807, 2.05) is 6.07 Å². The number of carbonyl (C=O) groups is 1. The Balaban J connectivity index is 1.31. The monoisotopic (exact) mass is 426 g/mol. The molecule has 1 amide bonds. The number of hydrogen-bond acceptors (Lipinski definition) is 1. The molecule has 0 spiro atoms. The quantitative estimate of drug-likeness (QED) is 0.430. The second-order valence-electron chi connectivity index (χ2n) is 10.2. The first-order valence-corrected chi connectivity index (χ1v) is 12.1. The van der Waals surface area contributed by atoms with Crippen molar-refractivity contribution in [1.82, 2.24) is 9.88 Å². The van der Waals surface area contributed by atoms with Gasteiger partial charge in [0.2, 0.25) is 5.91 Å². The molecule has 3 aliphatic carbocycles. The lowest BCUT2D eigenvalue weighted by atomic mass is 9.49. The van der Waals surface area contributed by atoms with Crippen molar-refractivity contribution in [3.63, 3.8) is 0 Å². The maximum absolute atomic E-state index is 13.4. The highest BCUT2D eigenvalue weighted by Gasteiger charge is 2.51. The average molecular weight is 427 g/mol. The van der Waals surface area contributed by atoms with Gasteiger partial charge in [-0.2, -0.15) is 0 Å². The number of para-hydroxylation sites is 1. The van der Waals surface area contributed by atoms with Gasteiger partial charge in [0.05, 0.1) is 0 Å². The van der Waals surface area contributed by atoms with Crippen LogP contribution in [0.15, 0.2) is 72.4 Å². The standard InChI is InChI=1S/C29H34N2O/c1-29(2)24-14-13-23(26(29)18-24)20-31(28(32)15-12-21-8-4-3-5-9-21)17-16-22-19-30-27-11-7-6-10-25(22)27/h3-11,13,19,24,26,30H,12,14-18,20H2,1-2H3. The Morgan fingerprint density at radius 3 is 2.62 bits per heavy atom. The number of nitrogens with one attached hydrogen (secondary N) is 1. The molecule has 1 fully saturated rings. The van der Waals surface area contributed by atoms with E-state index in [2.05, 4.69) is 84.5 Å². The third-order valence-electron chi connectivity index (χ3n) is 8.11. The molecule has 166 valence electrons. The van der Waals surface area contributed by atoms with E-state index < -0.39 is 0 Å². The Morgan fingerprint density at radius 1 is 1.06 bits per heavy atom. The Labute approximate surface area is 191 Å². The van der Waals surface area contributed by atoms with Gasteiger partial charge in [0.25, 0.3) is 0 Å². The van der Waals surface area contributed by atoms with Gasteiger partial charge in [-0.1, -0.05) is 74.0 Å². The number of nitrogens with zero attached hydrogens (tertiary/aromatic N) is 1. The number of aryl methyl sites for hydroxylation is 1. The average Bonchev–Trinajstić information content (AvgIpc) is 3.24. The number of allylic oxidation sites excluding steroid dienone is 1. The van der Waals surface area contributed by atoms with E-state index in [0.29, 0.717) is 17.8 Å². The van der Waals surface area contributed by atoms with Crippen LogP contribution in [0.2, 0.25) is 0 Å². The molecule has 2 aromatic carbocycles. The Kier molecular flexibility index (Phi) is 5.67. The summed E-state index contributed by atoms with van der Waals surface area (Å²) in [5.74, 6) is 1.73. The number of aromatic amines is 1. The van der Waals surface area contributed by atoms with Crippen molar-refractivity contribution in [3.05, 3.63) is 83.6 Å². The predicted molar refractivity (Wildman–Crippen MR) is 131 cm³/mol. The summed E-state index contributed by atoms with van der Waals surface area (Å²) in [4.78, 5) is 18.9. The zero-order valence-corrected chi connectivity index (χ0v) is 19.3. The maximum atomic E-state index is 13.4. The fraction of sp³-hybridized carbons (Fsp3) is 0.414. The molecule has 0 aliphatic heterocycles. The number of rotatable bonds is 8. The predicted octanol–water partition coefficient (Wildman–Crippen LogP) is 6.16. The van der Waals surface area contributed by atoms with Gasteiger partial charge in [-0.05, 0) is 60.1 Å². The summed E-state index contributed by atoms with van der Waals surface area (Å²) in [7, 11) is 0. The molecule has 2 unspecified atom stereocenters. The normalized spacial score (nSPS) is 21.1. The minimum Gasteiger partial charge on any atom is -0.361 e. The minimum absolute atomic E-state index is 0.272. The molecule has 3 aliphatic rings. The van der Waals surface area contributed by atoms with E-state index in [1.165, 1.54) is 40.4 Å². The summed E-state index contributed by atoms with van der Waals surface area (Å²) in [5.41, 5.74) is 5.58. The number of benzene rings is 2. The number of carbonyl (C=O) groups excluding carboxylic acids is 1. The van der Waals surface area contributed by atoms with Crippen molar-refractivity contribution in [2.45, 2.75) is 46.0 Å². The smallest absolute Gasteiger partial charge is 0.223 e. The van der Waals surface area contributed by atoms with Crippen LogP contribution in [0.25, 0.3) is 10.9 Å². The summed E-state index contributed by atoms with van der Waals surface area (Å²) in [6, 6.07) is 18.8. The van der Waals surface area contributed by atoms with Crippen LogP contribution in [-0.4, -0.2) is 28.9 Å². The molecule has 3 heteroatoms. The van der Waals surface area contributed by atoms with E-state index in [-0.39, 0.29) is 5.91 Å². The van der Waals surface area contributed by atoms with Gasteiger partial charge in [-0.15, -0.1) is 0 Å². The van der Waals surface area contributed by atoms with Gasteiger partial charge < -0.3 is 9.88 Å². The highest BCUT2D eigenvalue weighted by molar-refractivity contribution is 5.83. The van der Waals surface area contributed by atoms with Crippen molar-refractivity contribution in [2.24, 2.45) is 17.3 Å². The summed E-state index contributed by atoms with van der Waals surface area (Å²) in [6.45, 7) is 6.37. The van der Waals surface area contributed by atoms with E-state index in [1.54, 1.807) is 0 Å². The number of H-pyrrole nitrogens is 1. The minimum atomic E-state index is 0.272. The van der Waals surface area contributed by atoms with Gasteiger partial charge in [0.1, 0.15) is 0 Å². The largest absolute Gasteiger partial charge is 0.361 e. The number of fused-ring (bicyclic) bond motifs is 2. The topological polar surface area (TPSA) is 36.1 Å². The Hall–Kier alpha value is -2.81. The highest BCUT2D eigenvalue weighted by Crippen LogP contribution is 2.59. The fourth-order valence-corrected chi connectivity index (χ4v) is 5.82. The summed E-state index contributed by atoms with van der Waals surface area (Å²) < 4.78 is 0. The third kappa shape index (κ3) is 4.01. The van der Waals surface area contributed by atoms with Gasteiger partial charge in [0.15, 0.2) is 0 Å². The molecule has 1 heterocycles. The molecular weight excluding hydrogens is 392 g/mol. The molecule has 3 nitrogen and oxygen atoms in total. The first kappa shape index (κ1) is 21.1. The van der Waals surface area contributed by atoms with Crippen molar-refractivity contribution >= 4 is 16.8 Å². The van der Waals surface area contributed by atoms with Crippen LogP contribution in [0.1, 0.15) is 44.2 Å². The molecule has 0 saturated heterocycles. The lowest BCUT2D eigenvalue weighted by Crippen LogP contribution is -2.50. The first-order valence-electron chi connectivity index (χ1n) is 12.1. The SMILES string of the molecule is CC1(C)C2CC=C(CN(CCc3c[nH]c4ccccc34)C(=O)CCc3ccccc3)C1C2.